The van der Waals surface area contributed by atoms with Gasteiger partial charge in [-0.25, -0.2) is 9.98 Å². The molecule has 6 aromatic carbocycles. The number of amidine groups is 2. The number of alkyl halides is 6. The molecule has 12 heteroatoms. The summed E-state index contributed by atoms with van der Waals surface area (Å²) in [7, 11) is 0. The minimum absolute atomic E-state index is 0.0686. The molecule has 0 fully saturated rings. The lowest BCUT2D eigenvalue weighted by Gasteiger charge is -2.38. The van der Waals surface area contributed by atoms with Gasteiger partial charge in [0.1, 0.15) is 11.7 Å². The maximum atomic E-state index is 15.5. The van der Waals surface area contributed by atoms with Crippen LogP contribution in [0.25, 0.3) is 21.5 Å². The molecular formula is C39H18F6N4O2. The summed E-state index contributed by atoms with van der Waals surface area (Å²) in [6.45, 7) is 0. The third-order valence-electron chi connectivity index (χ3n) is 10.2. The van der Waals surface area contributed by atoms with E-state index in [1.807, 2.05) is 24.3 Å². The Hall–Kier alpha value is -6.30. The number of amides is 2. The number of hydrogen-bond donors (Lipinski definition) is 0. The van der Waals surface area contributed by atoms with E-state index in [2.05, 4.69) is 9.98 Å². The normalized spacial score (nSPS) is 15.9. The molecule has 0 saturated heterocycles. The maximum Gasteiger partial charge on any atom is 0.411 e. The quantitative estimate of drug-likeness (QED) is 0.170. The van der Waals surface area contributed by atoms with Crippen molar-refractivity contribution in [3.05, 3.63) is 143 Å². The van der Waals surface area contributed by atoms with E-state index >= 15 is 26.3 Å². The highest BCUT2D eigenvalue weighted by molar-refractivity contribution is 6.41. The van der Waals surface area contributed by atoms with Crippen LogP contribution in [-0.4, -0.2) is 35.8 Å². The molecule has 0 radical (unpaired) electrons. The van der Waals surface area contributed by atoms with Crippen LogP contribution in [-0.2, 0) is 5.41 Å². The number of hydrogen-bond acceptors (Lipinski definition) is 4. The molecule has 0 atom stereocenters. The van der Waals surface area contributed by atoms with Gasteiger partial charge in [-0.3, -0.25) is 19.4 Å². The van der Waals surface area contributed by atoms with Crippen LogP contribution in [0.2, 0.25) is 0 Å². The molecule has 248 valence electrons. The number of aliphatic imine (C=N–C) groups is 2. The van der Waals surface area contributed by atoms with Gasteiger partial charge in [-0.1, -0.05) is 60.7 Å². The Morgan fingerprint density at radius 1 is 0.471 bits per heavy atom. The summed E-state index contributed by atoms with van der Waals surface area (Å²) in [5, 5.41) is 2.80. The SMILES string of the molecule is O=C1c2ccc(C(c3ccc4c(c3)C3=Nc5cccc6cccc(c56)N3C4=O)(C(F)(F)F)C(F)(F)F)cc2C2=Nc3cccc4cccc(c34)N12. The molecule has 0 N–H and O–H groups in total. The molecule has 0 saturated carbocycles. The highest BCUT2D eigenvalue weighted by Gasteiger charge is 2.73. The molecule has 0 unspecified atom stereocenters. The van der Waals surface area contributed by atoms with Crippen molar-refractivity contribution in [2.45, 2.75) is 17.8 Å². The van der Waals surface area contributed by atoms with Crippen molar-refractivity contribution in [1.82, 2.24) is 0 Å². The van der Waals surface area contributed by atoms with E-state index in [1.165, 1.54) is 9.80 Å². The predicted octanol–water partition coefficient (Wildman–Crippen LogP) is 9.51. The molecule has 0 spiro atoms. The Balaban J connectivity index is 1.19. The molecule has 6 nitrogen and oxygen atoms in total. The Morgan fingerprint density at radius 2 is 0.863 bits per heavy atom. The second-order valence-electron chi connectivity index (χ2n) is 12.7. The van der Waals surface area contributed by atoms with Gasteiger partial charge < -0.3 is 0 Å². The highest BCUT2D eigenvalue weighted by atomic mass is 19.4. The Kier molecular flexibility index (Phi) is 5.50. The number of carbonyl (C=O) groups is 2. The summed E-state index contributed by atoms with van der Waals surface area (Å²) < 4.78 is 93.2. The molecule has 6 aromatic rings. The van der Waals surface area contributed by atoms with E-state index in [0.29, 0.717) is 45.7 Å². The molecular weight excluding hydrogens is 670 g/mol. The van der Waals surface area contributed by atoms with Crippen molar-refractivity contribution >= 4 is 67.8 Å². The number of anilines is 2. The molecule has 0 aromatic heterocycles. The van der Waals surface area contributed by atoms with Gasteiger partial charge in [-0.15, -0.1) is 0 Å². The maximum absolute atomic E-state index is 15.5. The van der Waals surface area contributed by atoms with E-state index in [4.69, 9.17) is 0 Å². The Labute approximate surface area is 283 Å². The van der Waals surface area contributed by atoms with Crippen LogP contribution >= 0.6 is 0 Å². The van der Waals surface area contributed by atoms with E-state index in [-0.39, 0.29) is 33.9 Å². The van der Waals surface area contributed by atoms with Gasteiger partial charge >= 0.3 is 12.4 Å². The van der Waals surface area contributed by atoms with Crippen LogP contribution in [0, 0.1) is 0 Å². The summed E-state index contributed by atoms with van der Waals surface area (Å²) in [6.07, 6.45) is -11.9. The molecule has 2 amide bonds. The number of rotatable bonds is 2. The third-order valence-corrected chi connectivity index (χ3v) is 10.2. The summed E-state index contributed by atoms with van der Waals surface area (Å²) in [5.74, 6) is -1.38. The van der Waals surface area contributed by atoms with Crippen LogP contribution < -0.4 is 9.80 Å². The zero-order valence-corrected chi connectivity index (χ0v) is 25.8. The van der Waals surface area contributed by atoms with Crippen molar-refractivity contribution in [2.24, 2.45) is 9.98 Å². The van der Waals surface area contributed by atoms with Gasteiger partial charge in [-0.2, -0.15) is 26.3 Å². The second-order valence-corrected chi connectivity index (χ2v) is 12.7. The average Bonchev–Trinajstić information content (AvgIpc) is 3.54. The second kappa shape index (κ2) is 9.48. The first kappa shape index (κ1) is 29.6. The van der Waals surface area contributed by atoms with Gasteiger partial charge in [-0.05, 0) is 70.4 Å². The Morgan fingerprint density at radius 3 is 1.25 bits per heavy atom. The lowest BCUT2D eigenvalue weighted by atomic mass is 9.71. The molecule has 0 aliphatic carbocycles. The summed E-state index contributed by atoms with van der Waals surface area (Å²) in [4.78, 5) is 39.0. The van der Waals surface area contributed by atoms with E-state index in [1.54, 1.807) is 48.5 Å². The summed E-state index contributed by atoms with van der Waals surface area (Å²) in [5.41, 5.74) is -5.67. The van der Waals surface area contributed by atoms with Gasteiger partial charge in [0, 0.05) is 21.9 Å². The van der Waals surface area contributed by atoms with Gasteiger partial charge in [0.25, 0.3) is 11.8 Å². The minimum atomic E-state index is -5.93. The third kappa shape index (κ3) is 3.58. The van der Waals surface area contributed by atoms with E-state index in [0.717, 1.165) is 35.0 Å². The average molecular weight is 689 g/mol. The van der Waals surface area contributed by atoms with Crippen molar-refractivity contribution in [3.63, 3.8) is 0 Å². The van der Waals surface area contributed by atoms with Crippen LogP contribution in [0.5, 0.6) is 0 Å². The van der Waals surface area contributed by atoms with Gasteiger partial charge in [0.15, 0.2) is 0 Å². The number of halogens is 6. The van der Waals surface area contributed by atoms with Crippen molar-refractivity contribution in [1.29, 1.82) is 0 Å². The van der Waals surface area contributed by atoms with E-state index in [9.17, 15) is 9.59 Å². The van der Waals surface area contributed by atoms with Crippen LogP contribution in [0.3, 0.4) is 0 Å². The van der Waals surface area contributed by atoms with Gasteiger partial charge in [0.2, 0.25) is 5.41 Å². The fraction of sp³-hybridized carbons (Fsp3) is 0.0769. The van der Waals surface area contributed by atoms with Crippen LogP contribution in [0.4, 0.5) is 49.1 Å². The largest absolute Gasteiger partial charge is 0.411 e. The monoisotopic (exact) mass is 688 g/mol. The van der Waals surface area contributed by atoms with Crippen LogP contribution in [0.15, 0.2) is 119 Å². The van der Waals surface area contributed by atoms with Crippen molar-refractivity contribution in [3.8, 4) is 0 Å². The Bertz CT molecular complexity index is 2500. The standard InChI is InChI=1S/C39H18F6N4O2/c40-38(41,42)37(39(43,44)45,21-13-15-23-25(17-21)33-46-27-9-1-5-19-7-3-11-29(31(19)27)48(33)35(23)50)22-14-16-24-26(18-22)34-47-28-10-2-6-20-8-4-12-30(32(20)28)49(34)36(24)51/h1-18H. The van der Waals surface area contributed by atoms with Crippen LogP contribution in [0.1, 0.15) is 43.0 Å². The number of nitrogens with zero attached hydrogens (tertiary/aromatic N) is 4. The number of carbonyl (C=O) groups excluding carboxylic acids is 2. The van der Waals surface area contributed by atoms with Gasteiger partial charge in [0.05, 0.1) is 33.9 Å². The first-order valence-corrected chi connectivity index (χ1v) is 15.7. The number of fused-ring (bicyclic) bond motifs is 8. The summed E-state index contributed by atoms with van der Waals surface area (Å²) >= 11 is 0. The van der Waals surface area contributed by atoms with E-state index < -0.39 is 40.7 Å². The first-order valence-electron chi connectivity index (χ1n) is 15.7. The molecule has 0 bridgehead atoms. The summed E-state index contributed by atoms with van der Waals surface area (Å²) in [6, 6.07) is 25.7. The predicted molar refractivity (Wildman–Crippen MR) is 180 cm³/mol. The lowest BCUT2D eigenvalue weighted by Crippen LogP contribution is -2.55. The van der Waals surface area contributed by atoms with Crippen molar-refractivity contribution in [2.75, 3.05) is 9.80 Å². The highest BCUT2D eigenvalue weighted by Crippen LogP contribution is 2.58. The number of benzene rings is 6. The minimum Gasteiger partial charge on any atom is -0.268 e. The molecule has 4 aliphatic heterocycles. The molecule has 10 rings (SSSR count). The fourth-order valence-electron chi connectivity index (χ4n) is 8.01. The van der Waals surface area contributed by atoms with Crippen molar-refractivity contribution < 1.29 is 35.9 Å². The molecule has 4 aliphatic rings. The fourth-order valence-corrected chi connectivity index (χ4v) is 8.01. The topological polar surface area (TPSA) is 65.3 Å². The smallest absolute Gasteiger partial charge is 0.268 e. The first-order chi connectivity index (χ1) is 24.4. The zero-order valence-electron chi connectivity index (χ0n) is 25.8. The zero-order chi connectivity index (χ0) is 35.2. The lowest BCUT2D eigenvalue weighted by molar-refractivity contribution is -0.288. The molecule has 51 heavy (non-hydrogen) atoms. The molecule has 4 heterocycles.